The summed E-state index contributed by atoms with van der Waals surface area (Å²) in [4.78, 5) is 5.01. The number of aliphatic hydroxyl groups is 2. The van der Waals surface area contributed by atoms with Crippen LogP contribution in [-0.4, -0.2) is 65.1 Å². The molecule has 4 heterocycles. The fraction of sp³-hybridized carbons (Fsp3) is 0.684. The molecular weight excluding hydrogens is 288 g/mol. The van der Waals surface area contributed by atoms with Crippen LogP contribution in [0.25, 0.3) is 0 Å². The predicted molar refractivity (Wildman–Crippen MR) is 90.0 cm³/mol. The first kappa shape index (κ1) is 15.6. The molecule has 0 aromatic heterocycles. The lowest BCUT2D eigenvalue weighted by Crippen LogP contribution is -2.83. The monoisotopic (exact) mass is 316 g/mol. The van der Waals surface area contributed by atoms with Gasteiger partial charge in [-0.1, -0.05) is 51.1 Å². The van der Waals surface area contributed by atoms with E-state index in [9.17, 15) is 10.2 Å². The Hall–Kier alpha value is -0.940. The van der Waals surface area contributed by atoms with Crippen LogP contribution in [0.15, 0.2) is 30.3 Å². The Morgan fingerprint density at radius 1 is 1.09 bits per heavy atom. The molecule has 0 saturated carbocycles. The average Bonchev–Trinajstić information content (AvgIpc) is 2.52. The van der Waals surface area contributed by atoms with Crippen LogP contribution in [0.5, 0.6) is 0 Å². The van der Waals surface area contributed by atoms with Crippen LogP contribution in [-0.2, 0) is 5.41 Å². The van der Waals surface area contributed by atoms with E-state index in [4.69, 9.17) is 0 Å². The van der Waals surface area contributed by atoms with Gasteiger partial charge in [0.2, 0.25) is 0 Å². The summed E-state index contributed by atoms with van der Waals surface area (Å²) in [7, 11) is 0. The molecule has 4 saturated heterocycles. The Labute approximate surface area is 138 Å². The molecule has 4 aliphatic heterocycles. The Morgan fingerprint density at radius 2 is 1.65 bits per heavy atom. The minimum atomic E-state index is -0.317. The van der Waals surface area contributed by atoms with Crippen LogP contribution in [0, 0.1) is 10.8 Å². The fourth-order valence-electron chi connectivity index (χ4n) is 5.63. The van der Waals surface area contributed by atoms with Gasteiger partial charge in [-0.2, -0.15) is 0 Å². The van der Waals surface area contributed by atoms with Gasteiger partial charge in [-0.15, -0.1) is 0 Å². The Kier molecular flexibility index (Phi) is 3.24. The molecule has 4 nitrogen and oxygen atoms in total. The number of hydrogen-bond donors (Lipinski definition) is 2. The number of benzene rings is 1. The quantitative estimate of drug-likeness (QED) is 0.882. The van der Waals surface area contributed by atoms with E-state index in [0.717, 1.165) is 26.2 Å². The third-order valence-electron chi connectivity index (χ3n) is 6.43. The van der Waals surface area contributed by atoms with Crippen molar-refractivity contribution in [3.8, 4) is 0 Å². The molecule has 4 bridgehead atoms. The summed E-state index contributed by atoms with van der Waals surface area (Å²) in [5, 5.41) is 21.1. The van der Waals surface area contributed by atoms with E-state index in [-0.39, 0.29) is 35.1 Å². The molecule has 0 amide bonds. The van der Waals surface area contributed by atoms with E-state index >= 15 is 0 Å². The van der Waals surface area contributed by atoms with Gasteiger partial charge in [0.25, 0.3) is 0 Å². The minimum absolute atomic E-state index is 0.103. The van der Waals surface area contributed by atoms with Crippen LogP contribution in [0.3, 0.4) is 0 Å². The van der Waals surface area contributed by atoms with Crippen molar-refractivity contribution in [3.05, 3.63) is 35.9 Å². The molecule has 4 heteroatoms. The van der Waals surface area contributed by atoms with Crippen molar-refractivity contribution in [1.82, 2.24) is 9.80 Å². The Morgan fingerprint density at radius 3 is 2.17 bits per heavy atom. The van der Waals surface area contributed by atoms with Crippen LogP contribution >= 0.6 is 0 Å². The lowest BCUT2D eigenvalue weighted by atomic mass is 9.56. The van der Waals surface area contributed by atoms with Gasteiger partial charge >= 0.3 is 0 Å². The highest BCUT2D eigenvalue weighted by molar-refractivity contribution is 5.34. The highest BCUT2D eigenvalue weighted by atomic mass is 16.3. The third kappa shape index (κ3) is 1.99. The van der Waals surface area contributed by atoms with Gasteiger partial charge in [-0.25, -0.2) is 0 Å². The SMILES string of the molecule is CC(C)(CO)C1N2CC3(C)CN1CC(c1ccccc1)(C2)[C@H]3O. The van der Waals surface area contributed by atoms with Gasteiger partial charge in [0.05, 0.1) is 18.9 Å². The highest BCUT2D eigenvalue weighted by Crippen LogP contribution is 2.54. The largest absolute Gasteiger partial charge is 0.396 e. The van der Waals surface area contributed by atoms with Gasteiger partial charge in [-0.05, 0) is 5.56 Å². The molecule has 0 spiro atoms. The van der Waals surface area contributed by atoms with E-state index in [2.05, 4.69) is 54.8 Å². The molecule has 2 N–H and O–H groups in total. The maximum absolute atomic E-state index is 11.2. The zero-order valence-corrected chi connectivity index (χ0v) is 14.4. The molecule has 2 unspecified atom stereocenters. The fourth-order valence-corrected chi connectivity index (χ4v) is 5.63. The first-order valence-electron chi connectivity index (χ1n) is 8.65. The molecule has 1 aromatic carbocycles. The first-order chi connectivity index (χ1) is 10.8. The van der Waals surface area contributed by atoms with Gasteiger partial charge in [0.1, 0.15) is 0 Å². The summed E-state index contributed by atoms with van der Waals surface area (Å²) >= 11 is 0. The van der Waals surface area contributed by atoms with E-state index in [1.165, 1.54) is 5.56 Å². The number of piperidine rings is 2. The molecule has 126 valence electrons. The van der Waals surface area contributed by atoms with E-state index in [1.807, 2.05) is 6.07 Å². The van der Waals surface area contributed by atoms with Crippen molar-refractivity contribution in [1.29, 1.82) is 0 Å². The molecule has 0 aliphatic carbocycles. The zero-order chi connectivity index (χ0) is 16.5. The van der Waals surface area contributed by atoms with Crippen LogP contribution in [0.1, 0.15) is 26.3 Å². The lowest BCUT2D eigenvalue weighted by Gasteiger charge is -2.71. The van der Waals surface area contributed by atoms with E-state index < -0.39 is 0 Å². The van der Waals surface area contributed by atoms with Crippen LogP contribution in [0.4, 0.5) is 0 Å². The molecule has 23 heavy (non-hydrogen) atoms. The van der Waals surface area contributed by atoms with Crippen molar-refractivity contribution in [2.24, 2.45) is 10.8 Å². The van der Waals surface area contributed by atoms with Crippen molar-refractivity contribution < 1.29 is 10.2 Å². The Balaban J connectivity index is 1.79. The summed E-state index contributed by atoms with van der Waals surface area (Å²) in [6.45, 7) is 10.3. The van der Waals surface area contributed by atoms with Gasteiger partial charge in [0.15, 0.2) is 0 Å². The molecule has 4 fully saturated rings. The summed E-state index contributed by atoms with van der Waals surface area (Å²) in [6, 6.07) is 10.5. The third-order valence-corrected chi connectivity index (χ3v) is 6.43. The van der Waals surface area contributed by atoms with Crippen molar-refractivity contribution in [3.63, 3.8) is 0 Å². The number of aliphatic hydroxyl groups excluding tert-OH is 2. The zero-order valence-electron chi connectivity index (χ0n) is 14.4. The van der Waals surface area contributed by atoms with Crippen LogP contribution < -0.4 is 0 Å². The standard InChI is InChI=1S/C19H28N2O2/c1-17(2,13-22)16-20-9-18(3)10-21(16)12-19(11-20,15(18)23)14-7-5-4-6-8-14/h4-8,15-16,22-23H,9-13H2,1-3H3/t15-,16?,18?,19?/m0/s1. The molecule has 1 aromatic rings. The first-order valence-corrected chi connectivity index (χ1v) is 8.65. The minimum Gasteiger partial charge on any atom is -0.396 e. The summed E-state index contributed by atoms with van der Waals surface area (Å²) in [5.41, 5.74) is 0.767. The summed E-state index contributed by atoms with van der Waals surface area (Å²) < 4.78 is 0. The number of rotatable bonds is 3. The second kappa shape index (κ2) is 4.79. The van der Waals surface area contributed by atoms with Crippen LogP contribution in [0.2, 0.25) is 0 Å². The van der Waals surface area contributed by atoms with E-state index in [1.54, 1.807) is 0 Å². The smallest absolute Gasteiger partial charge is 0.0739 e. The molecule has 5 rings (SSSR count). The predicted octanol–water partition coefficient (Wildman–Crippen LogP) is 1.28. The molecule has 3 atom stereocenters. The second-order valence-electron chi connectivity index (χ2n) is 8.91. The average molecular weight is 316 g/mol. The number of nitrogens with zero attached hydrogens (tertiary/aromatic N) is 2. The number of hydrogen-bond acceptors (Lipinski definition) is 4. The van der Waals surface area contributed by atoms with Gasteiger partial charge in [-0.3, -0.25) is 9.80 Å². The van der Waals surface area contributed by atoms with Gasteiger partial charge < -0.3 is 10.2 Å². The maximum atomic E-state index is 11.2. The molecule has 0 radical (unpaired) electrons. The molecule has 4 aliphatic rings. The summed E-state index contributed by atoms with van der Waals surface area (Å²) in [6.07, 6.45) is -0.0620. The highest BCUT2D eigenvalue weighted by Gasteiger charge is 2.65. The lowest BCUT2D eigenvalue weighted by molar-refractivity contribution is -0.253. The van der Waals surface area contributed by atoms with Crippen molar-refractivity contribution >= 4 is 0 Å². The maximum Gasteiger partial charge on any atom is 0.0739 e. The second-order valence-corrected chi connectivity index (χ2v) is 8.91. The van der Waals surface area contributed by atoms with Crippen molar-refractivity contribution in [2.45, 2.75) is 38.5 Å². The summed E-state index contributed by atoms with van der Waals surface area (Å²) in [5.74, 6) is 0. The normalized spacial score (nSPS) is 45.4. The Bertz CT molecular complexity index is 585. The van der Waals surface area contributed by atoms with Gasteiger partial charge in [0, 0.05) is 42.4 Å². The van der Waals surface area contributed by atoms with Crippen molar-refractivity contribution in [2.75, 3.05) is 32.8 Å². The molecular formula is C19H28N2O2. The topological polar surface area (TPSA) is 46.9 Å². The van der Waals surface area contributed by atoms with E-state index in [0.29, 0.717) is 0 Å².